The molecule has 0 radical (unpaired) electrons. The van der Waals surface area contributed by atoms with Crippen LogP contribution in [-0.4, -0.2) is 35.4 Å². The molecule has 10 heteroatoms. The lowest BCUT2D eigenvalue weighted by Crippen LogP contribution is -2.22. The summed E-state index contributed by atoms with van der Waals surface area (Å²) in [5.41, 5.74) is 4.21. The number of carbonyl (C=O) groups is 1. The zero-order chi connectivity index (χ0) is 27.8. The highest BCUT2D eigenvalue weighted by Gasteiger charge is 2.20. The van der Waals surface area contributed by atoms with Gasteiger partial charge >= 0.3 is 5.97 Å². The highest BCUT2D eigenvalue weighted by Crippen LogP contribution is 2.28. The van der Waals surface area contributed by atoms with E-state index in [0.717, 1.165) is 11.9 Å². The van der Waals surface area contributed by atoms with Gasteiger partial charge in [-0.2, -0.15) is 0 Å². The first-order valence-electron chi connectivity index (χ1n) is 12.2. The van der Waals surface area contributed by atoms with Crippen LogP contribution >= 0.6 is 0 Å². The Balaban J connectivity index is 1.60. The molecule has 0 spiro atoms. The molecule has 0 aliphatic carbocycles. The highest BCUT2D eigenvalue weighted by atomic mass is 19.1. The van der Waals surface area contributed by atoms with E-state index >= 15 is 0 Å². The van der Waals surface area contributed by atoms with Crippen LogP contribution in [0.25, 0.3) is 28.3 Å². The predicted molar refractivity (Wildman–Crippen MR) is 145 cm³/mol. The molecule has 1 aromatic carbocycles. The van der Waals surface area contributed by atoms with E-state index in [1.165, 1.54) is 16.5 Å². The number of fused-ring (bicyclic) bond motifs is 1. The van der Waals surface area contributed by atoms with Crippen LogP contribution in [0, 0.1) is 26.6 Å². The van der Waals surface area contributed by atoms with Crippen LogP contribution in [0.15, 0.2) is 65.7 Å². The summed E-state index contributed by atoms with van der Waals surface area (Å²) >= 11 is 0. The normalized spacial score (nSPS) is 11.9. The molecular formula is C29H25FN6O3. The van der Waals surface area contributed by atoms with Crippen molar-refractivity contribution < 1.29 is 14.3 Å². The Morgan fingerprint density at radius 2 is 1.79 bits per heavy atom. The summed E-state index contributed by atoms with van der Waals surface area (Å²) in [5, 5.41) is 12.7. The number of carboxylic acid groups (broad SMARTS) is 1. The van der Waals surface area contributed by atoms with E-state index in [4.69, 9.17) is 4.98 Å². The van der Waals surface area contributed by atoms with Gasteiger partial charge < -0.3 is 10.4 Å². The van der Waals surface area contributed by atoms with Crippen molar-refractivity contribution in [2.75, 3.05) is 5.32 Å². The Morgan fingerprint density at radius 1 is 1.03 bits per heavy atom. The number of nitrogens with one attached hydrogen (secondary N) is 1. The number of pyridine rings is 2. The predicted octanol–water partition coefficient (Wildman–Crippen LogP) is 5.15. The molecule has 0 saturated carbocycles. The average molecular weight is 525 g/mol. The van der Waals surface area contributed by atoms with Crippen molar-refractivity contribution in [1.29, 1.82) is 0 Å². The van der Waals surface area contributed by atoms with Crippen LogP contribution in [0.2, 0.25) is 0 Å². The number of benzene rings is 1. The molecule has 1 atom stereocenters. The van der Waals surface area contributed by atoms with E-state index in [9.17, 15) is 19.1 Å². The monoisotopic (exact) mass is 524 g/mol. The van der Waals surface area contributed by atoms with Crippen molar-refractivity contribution in [1.82, 2.24) is 24.3 Å². The fourth-order valence-electron chi connectivity index (χ4n) is 4.56. The smallest absolute Gasteiger partial charge is 0.337 e. The van der Waals surface area contributed by atoms with E-state index in [0.29, 0.717) is 45.3 Å². The molecule has 4 aromatic heterocycles. The van der Waals surface area contributed by atoms with Gasteiger partial charge in [0.25, 0.3) is 5.56 Å². The van der Waals surface area contributed by atoms with Gasteiger partial charge in [-0.3, -0.25) is 14.2 Å². The number of hydrogen-bond donors (Lipinski definition) is 2. The summed E-state index contributed by atoms with van der Waals surface area (Å²) in [6, 6.07) is 12.6. The molecule has 0 aliphatic rings. The molecule has 0 fully saturated rings. The van der Waals surface area contributed by atoms with Gasteiger partial charge in [-0.05, 0) is 64.1 Å². The Labute approximate surface area is 223 Å². The fraction of sp³-hybridized carbons (Fsp3) is 0.172. The lowest BCUT2D eigenvalue weighted by atomic mass is 10.1. The summed E-state index contributed by atoms with van der Waals surface area (Å²) in [6.45, 7) is 7.09. The second-order valence-electron chi connectivity index (χ2n) is 9.29. The maximum absolute atomic E-state index is 14.7. The number of carboxylic acids is 1. The van der Waals surface area contributed by atoms with Gasteiger partial charge in [0.2, 0.25) is 0 Å². The van der Waals surface area contributed by atoms with Crippen LogP contribution in [0.1, 0.15) is 46.0 Å². The van der Waals surface area contributed by atoms with Crippen molar-refractivity contribution in [2.45, 2.75) is 33.7 Å². The molecule has 9 nitrogen and oxygen atoms in total. The lowest BCUT2D eigenvalue weighted by Gasteiger charge is -2.20. The van der Waals surface area contributed by atoms with Gasteiger partial charge in [-0.25, -0.2) is 24.1 Å². The number of hydrogen-bond acceptors (Lipinski definition) is 7. The Kier molecular flexibility index (Phi) is 6.61. The number of aromatic carboxylic acids is 1. The number of rotatable bonds is 6. The minimum absolute atomic E-state index is 0.0759. The molecule has 0 amide bonds. The fourth-order valence-corrected chi connectivity index (χ4v) is 4.56. The molecule has 0 bridgehead atoms. The number of halogens is 1. The number of anilines is 1. The Bertz CT molecular complexity index is 1780. The summed E-state index contributed by atoms with van der Waals surface area (Å²) in [4.78, 5) is 43.1. The van der Waals surface area contributed by atoms with Crippen molar-refractivity contribution >= 4 is 17.3 Å². The SMILES string of the molecule is Cc1cc(-c2ccc(-c3nc4c([C@@H](C)Nc5ccccc5C(=O)O)cc(F)cn4c(=O)c3C)cn2)nc(C)n1. The van der Waals surface area contributed by atoms with E-state index in [1.807, 2.05) is 26.0 Å². The van der Waals surface area contributed by atoms with Crippen LogP contribution < -0.4 is 10.9 Å². The third kappa shape index (κ3) is 4.96. The summed E-state index contributed by atoms with van der Waals surface area (Å²) in [5.74, 6) is -1.07. The molecule has 0 saturated heterocycles. The molecular weight excluding hydrogens is 499 g/mol. The third-order valence-electron chi connectivity index (χ3n) is 6.41. The molecule has 4 heterocycles. The van der Waals surface area contributed by atoms with E-state index in [1.54, 1.807) is 44.3 Å². The quantitative estimate of drug-likeness (QED) is 0.313. The number of nitrogens with zero attached hydrogens (tertiary/aromatic N) is 5. The first-order chi connectivity index (χ1) is 18.6. The Morgan fingerprint density at radius 3 is 2.49 bits per heavy atom. The minimum atomic E-state index is -1.09. The van der Waals surface area contributed by atoms with Crippen LogP contribution in [0.3, 0.4) is 0 Å². The van der Waals surface area contributed by atoms with E-state index < -0.39 is 23.4 Å². The maximum Gasteiger partial charge on any atom is 0.337 e. The molecule has 5 rings (SSSR count). The van der Waals surface area contributed by atoms with Crippen molar-refractivity contribution in [3.05, 3.63) is 105 Å². The zero-order valence-corrected chi connectivity index (χ0v) is 21.7. The molecule has 5 aromatic rings. The van der Waals surface area contributed by atoms with Gasteiger partial charge in [-0.1, -0.05) is 12.1 Å². The standard InChI is InChI=1S/C29H25FN6O3/c1-15-11-25(34-18(4)32-15)24-10-9-19(13-31-24)26-16(2)28(37)36-14-20(30)12-22(27(36)35-26)17(3)33-23-8-6-5-7-21(23)29(38)39/h5-14,17,33H,1-4H3,(H,38,39)/t17-/m1/s1. The molecule has 0 unspecified atom stereocenters. The maximum atomic E-state index is 14.7. The number of aryl methyl sites for hydroxylation is 2. The molecule has 39 heavy (non-hydrogen) atoms. The van der Waals surface area contributed by atoms with Gasteiger partial charge in [0.1, 0.15) is 17.3 Å². The Hall–Kier alpha value is -4.99. The lowest BCUT2D eigenvalue weighted by molar-refractivity contribution is 0.0698. The molecule has 0 aliphatic heterocycles. The van der Waals surface area contributed by atoms with Crippen molar-refractivity contribution in [2.24, 2.45) is 0 Å². The van der Waals surface area contributed by atoms with Crippen molar-refractivity contribution in [3.63, 3.8) is 0 Å². The van der Waals surface area contributed by atoms with Crippen LogP contribution in [0.4, 0.5) is 10.1 Å². The van der Waals surface area contributed by atoms with Crippen molar-refractivity contribution in [3.8, 4) is 22.6 Å². The number of para-hydroxylation sites is 1. The molecule has 2 N–H and O–H groups in total. The highest BCUT2D eigenvalue weighted by molar-refractivity contribution is 5.94. The second-order valence-corrected chi connectivity index (χ2v) is 9.29. The summed E-state index contributed by atoms with van der Waals surface area (Å²) in [6.07, 6.45) is 2.73. The first-order valence-corrected chi connectivity index (χ1v) is 12.2. The second kappa shape index (κ2) is 10.1. The summed E-state index contributed by atoms with van der Waals surface area (Å²) < 4.78 is 15.9. The topological polar surface area (TPSA) is 122 Å². The largest absolute Gasteiger partial charge is 0.478 e. The third-order valence-corrected chi connectivity index (χ3v) is 6.41. The van der Waals surface area contributed by atoms with E-state index in [-0.39, 0.29) is 11.2 Å². The average Bonchev–Trinajstić information content (AvgIpc) is 2.90. The summed E-state index contributed by atoms with van der Waals surface area (Å²) in [7, 11) is 0. The van der Waals surface area contributed by atoms with E-state index in [2.05, 4.69) is 20.3 Å². The zero-order valence-electron chi connectivity index (χ0n) is 21.7. The van der Waals surface area contributed by atoms with Crippen LogP contribution in [0.5, 0.6) is 0 Å². The molecule has 196 valence electrons. The number of aromatic nitrogens is 5. The van der Waals surface area contributed by atoms with Gasteiger partial charge in [0, 0.05) is 40.5 Å². The van der Waals surface area contributed by atoms with Gasteiger partial charge in [0.15, 0.2) is 0 Å². The minimum Gasteiger partial charge on any atom is -0.478 e. The van der Waals surface area contributed by atoms with Crippen LogP contribution in [-0.2, 0) is 0 Å². The first kappa shape index (κ1) is 25.7. The van der Waals surface area contributed by atoms with Gasteiger partial charge in [-0.15, -0.1) is 0 Å². The van der Waals surface area contributed by atoms with Gasteiger partial charge in [0.05, 0.1) is 28.7 Å².